The Bertz CT molecular complexity index is 428. The van der Waals surface area contributed by atoms with Gasteiger partial charge in [-0.05, 0) is 49.8 Å². The molecular weight excluding hydrogens is 214 g/mol. The summed E-state index contributed by atoms with van der Waals surface area (Å²) in [5, 5.41) is 12.4. The van der Waals surface area contributed by atoms with Gasteiger partial charge in [-0.25, -0.2) is 4.79 Å². The summed E-state index contributed by atoms with van der Waals surface area (Å²) in [4.78, 5) is 10.9. The Morgan fingerprint density at radius 1 is 1.41 bits per heavy atom. The molecule has 1 saturated carbocycles. The van der Waals surface area contributed by atoms with E-state index in [1.54, 1.807) is 12.1 Å². The van der Waals surface area contributed by atoms with E-state index in [1.807, 2.05) is 13.0 Å². The Balaban J connectivity index is 2.14. The second-order valence-corrected chi connectivity index (χ2v) is 5.09. The molecule has 1 aliphatic rings. The van der Waals surface area contributed by atoms with E-state index in [-0.39, 0.29) is 0 Å². The van der Waals surface area contributed by atoms with Crippen LogP contribution in [0.4, 0.5) is 5.69 Å². The van der Waals surface area contributed by atoms with E-state index < -0.39 is 5.97 Å². The first-order valence-corrected chi connectivity index (χ1v) is 6.16. The number of hydrogen-bond acceptors (Lipinski definition) is 2. The molecule has 1 aromatic carbocycles. The Morgan fingerprint density at radius 3 is 2.76 bits per heavy atom. The molecule has 0 spiro atoms. The predicted molar refractivity (Wildman–Crippen MR) is 68.6 cm³/mol. The standard InChI is InChI=1S/C14H19NO2/c1-9-3-6-12(7-9)15-13-8-11(14(16)17)5-4-10(13)2/h4-5,8-9,12,15H,3,6-7H2,1-2H3,(H,16,17). The first-order chi connectivity index (χ1) is 8.06. The zero-order valence-corrected chi connectivity index (χ0v) is 10.4. The molecular formula is C14H19NO2. The van der Waals surface area contributed by atoms with Crippen LogP contribution in [0, 0.1) is 12.8 Å². The van der Waals surface area contributed by atoms with Gasteiger partial charge in [-0.15, -0.1) is 0 Å². The maximum atomic E-state index is 10.9. The van der Waals surface area contributed by atoms with Crippen LogP contribution in [0.3, 0.4) is 0 Å². The molecule has 17 heavy (non-hydrogen) atoms. The van der Waals surface area contributed by atoms with E-state index in [9.17, 15) is 4.79 Å². The average molecular weight is 233 g/mol. The maximum absolute atomic E-state index is 10.9. The highest BCUT2D eigenvalue weighted by atomic mass is 16.4. The second-order valence-electron chi connectivity index (χ2n) is 5.09. The number of rotatable bonds is 3. The minimum absolute atomic E-state index is 0.351. The van der Waals surface area contributed by atoms with Crippen molar-refractivity contribution in [3.63, 3.8) is 0 Å². The van der Waals surface area contributed by atoms with Crippen molar-refractivity contribution in [3.8, 4) is 0 Å². The Hall–Kier alpha value is -1.51. The van der Waals surface area contributed by atoms with Crippen molar-refractivity contribution in [2.45, 2.75) is 39.2 Å². The van der Waals surface area contributed by atoms with Crippen molar-refractivity contribution in [2.75, 3.05) is 5.32 Å². The summed E-state index contributed by atoms with van der Waals surface area (Å²) in [6, 6.07) is 5.75. The monoisotopic (exact) mass is 233 g/mol. The van der Waals surface area contributed by atoms with Gasteiger partial charge in [-0.3, -0.25) is 0 Å². The summed E-state index contributed by atoms with van der Waals surface area (Å²) < 4.78 is 0. The lowest BCUT2D eigenvalue weighted by Crippen LogP contribution is -2.16. The minimum Gasteiger partial charge on any atom is -0.478 e. The second kappa shape index (κ2) is 4.78. The molecule has 0 bridgehead atoms. The lowest BCUT2D eigenvalue weighted by Gasteiger charge is -2.16. The van der Waals surface area contributed by atoms with Crippen LogP contribution in [-0.4, -0.2) is 17.1 Å². The van der Waals surface area contributed by atoms with Crippen molar-refractivity contribution in [1.82, 2.24) is 0 Å². The first kappa shape index (κ1) is 12.0. The molecule has 2 rings (SSSR count). The van der Waals surface area contributed by atoms with E-state index in [1.165, 1.54) is 19.3 Å². The molecule has 0 radical (unpaired) electrons. The molecule has 92 valence electrons. The van der Waals surface area contributed by atoms with Gasteiger partial charge >= 0.3 is 5.97 Å². The van der Waals surface area contributed by atoms with Gasteiger partial charge in [0.15, 0.2) is 0 Å². The quantitative estimate of drug-likeness (QED) is 0.842. The number of carboxylic acid groups (broad SMARTS) is 1. The van der Waals surface area contributed by atoms with Gasteiger partial charge in [-0.1, -0.05) is 13.0 Å². The topological polar surface area (TPSA) is 49.3 Å². The fourth-order valence-corrected chi connectivity index (χ4v) is 2.47. The third-order valence-corrected chi connectivity index (χ3v) is 3.54. The van der Waals surface area contributed by atoms with Crippen molar-refractivity contribution < 1.29 is 9.90 Å². The van der Waals surface area contributed by atoms with Gasteiger partial charge in [-0.2, -0.15) is 0 Å². The van der Waals surface area contributed by atoms with Crippen molar-refractivity contribution >= 4 is 11.7 Å². The van der Waals surface area contributed by atoms with Crippen LogP contribution in [0.1, 0.15) is 42.1 Å². The molecule has 2 N–H and O–H groups in total. The number of benzene rings is 1. The average Bonchev–Trinajstić information content (AvgIpc) is 2.67. The third kappa shape index (κ3) is 2.78. The first-order valence-electron chi connectivity index (χ1n) is 6.16. The molecule has 3 heteroatoms. The molecule has 0 aliphatic heterocycles. The number of nitrogens with one attached hydrogen (secondary N) is 1. The van der Waals surface area contributed by atoms with Crippen LogP contribution in [0.5, 0.6) is 0 Å². The Labute approximate surface area is 102 Å². The fourth-order valence-electron chi connectivity index (χ4n) is 2.47. The van der Waals surface area contributed by atoms with Gasteiger partial charge in [0.25, 0.3) is 0 Å². The largest absolute Gasteiger partial charge is 0.478 e. The SMILES string of the molecule is Cc1ccc(C(=O)O)cc1NC1CCC(C)C1. The number of aryl methyl sites for hydroxylation is 1. The molecule has 1 aromatic rings. The summed E-state index contributed by atoms with van der Waals surface area (Å²) in [7, 11) is 0. The molecule has 2 atom stereocenters. The summed E-state index contributed by atoms with van der Waals surface area (Å²) >= 11 is 0. The minimum atomic E-state index is -0.868. The zero-order chi connectivity index (χ0) is 12.4. The molecule has 1 aliphatic carbocycles. The van der Waals surface area contributed by atoms with E-state index in [2.05, 4.69) is 12.2 Å². The van der Waals surface area contributed by atoms with Gasteiger partial charge < -0.3 is 10.4 Å². The third-order valence-electron chi connectivity index (χ3n) is 3.54. The van der Waals surface area contributed by atoms with E-state index in [4.69, 9.17) is 5.11 Å². The Kier molecular flexibility index (Phi) is 3.36. The molecule has 0 saturated heterocycles. The molecule has 1 fully saturated rings. The molecule has 3 nitrogen and oxygen atoms in total. The van der Waals surface area contributed by atoms with Crippen molar-refractivity contribution in [2.24, 2.45) is 5.92 Å². The van der Waals surface area contributed by atoms with E-state index in [0.29, 0.717) is 11.6 Å². The zero-order valence-electron chi connectivity index (χ0n) is 10.4. The molecule has 0 aromatic heterocycles. The summed E-state index contributed by atoms with van der Waals surface area (Å²) in [6.45, 7) is 4.27. The lowest BCUT2D eigenvalue weighted by atomic mass is 10.1. The summed E-state index contributed by atoms with van der Waals surface area (Å²) in [5.74, 6) is -0.0942. The summed E-state index contributed by atoms with van der Waals surface area (Å²) in [5.41, 5.74) is 2.42. The van der Waals surface area contributed by atoms with Crippen LogP contribution >= 0.6 is 0 Å². The van der Waals surface area contributed by atoms with Crippen LogP contribution in [-0.2, 0) is 0 Å². The Morgan fingerprint density at radius 2 is 2.18 bits per heavy atom. The van der Waals surface area contributed by atoms with Crippen LogP contribution < -0.4 is 5.32 Å². The van der Waals surface area contributed by atoms with Gasteiger partial charge in [0.05, 0.1) is 5.56 Å². The lowest BCUT2D eigenvalue weighted by molar-refractivity contribution is 0.0697. The molecule has 0 heterocycles. The van der Waals surface area contributed by atoms with Crippen molar-refractivity contribution in [1.29, 1.82) is 0 Å². The van der Waals surface area contributed by atoms with Gasteiger partial charge in [0.2, 0.25) is 0 Å². The van der Waals surface area contributed by atoms with Gasteiger partial charge in [0.1, 0.15) is 0 Å². The van der Waals surface area contributed by atoms with Crippen molar-refractivity contribution in [3.05, 3.63) is 29.3 Å². The van der Waals surface area contributed by atoms with E-state index >= 15 is 0 Å². The number of carbonyl (C=O) groups is 1. The molecule has 0 amide bonds. The summed E-state index contributed by atoms with van der Waals surface area (Å²) in [6.07, 6.45) is 3.62. The maximum Gasteiger partial charge on any atom is 0.335 e. The predicted octanol–water partition coefficient (Wildman–Crippen LogP) is 3.29. The smallest absolute Gasteiger partial charge is 0.335 e. The van der Waals surface area contributed by atoms with Gasteiger partial charge in [0, 0.05) is 11.7 Å². The highest BCUT2D eigenvalue weighted by Crippen LogP contribution is 2.28. The van der Waals surface area contributed by atoms with Crippen LogP contribution in [0.25, 0.3) is 0 Å². The normalized spacial score (nSPS) is 23.6. The highest BCUT2D eigenvalue weighted by Gasteiger charge is 2.21. The number of anilines is 1. The highest BCUT2D eigenvalue weighted by molar-refractivity contribution is 5.89. The fraction of sp³-hybridized carbons (Fsp3) is 0.500. The van der Waals surface area contributed by atoms with Crippen LogP contribution in [0.2, 0.25) is 0 Å². The van der Waals surface area contributed by atoms with E-state index in [0.717, 1.165) is 17.2 Å². The van der Waals surface area contributed by atoms with Crippen LogP contribution in [0.15, 0.2) is 18.2 Å². The number of carboxylic acids is 1. The molecule has 2 unspecified atom stereocenters. The number of hydrogen-bond donors (Lipinski definition) is 2. The number of aromatic carboxylic acids is 1.